The fraction of sp³-hybridized carbons (Fsp3) is 0.125. The number of hydrogen-bond acceptors (Lipinski definition) is 3. The number of anilines is 1. The first-order valence-corrected chi connectivity index (χ1v) is 6.06. The van der Waals surface area contributed by atoms with Crippen LogP contribution in [0, 0.1) is 0 Å². The summed E-state index contributed by atoms with van der Waals surface area (Å²) in [6.45, 7) is 1.51. The monoisotopic (exact) mass is 253 g/mol. The first kappa shape index (κ1) is 13.0. The number of para-hydroxylation sites is 1. The maximum Gasteiger partial charge on any atom is 0.195 e. The van der Waals surface area contributed by atoms with Crippen LogP contribution in [0.4, 0.5) is 5.69 Å². The highest BCUT2D eigenvalue weighted by atomic mass is 16.1. The predicted octanol–water partition coefficient (Wildman–Crippen LogP) is 2.63. The number of carbonyl (C=O) groups excluding carboxylic acids is 2. The average molecular weight is 253 g/mol. The van der Waals surface area contributed by atoms with E-state index >= 15 is 0 Å². The zero-order chi connectivity index (χ0) is 13.8. The third-order valence-corrected chi connectivity index (χ3v) is 2.92. The summed E-state index contributed by atoms with van der Waals surface area (Å²) < 4.78 is 0. The Morgan fingerprint density at radius 2 is 1.68 bits per heavy atom. The Balaban J connectivity index is 2.41. The van der Waals surface area contributed by atoms with E-state index in [1.807, 2.05) is 18.2 Å². The molecule has 0 aliphatic carbocycles. The lowest BCUT2D eigenvalue weighted by molar-refractivity contribution is -0.116. The summed E-state index contributed by atoms with van der Waals surface area (Å²) in [5.74, 6) is -0.0977. The Morgan fingerprint density at radius 1 is 1.00 bits per heavy atom. The van der Waals surface area contributed by atoms with Gasteiger partial charge >= 0.3 is 0 Å². The average Bonchev–Trinajstić information content (AvgIpc) is 2.41. The fourth-order valence-electron chi connectivity index (χ4n) is 1.98. The van der Waals surface area contributed by atoms with Gasteiger partial charge in [-0.1, -0.05) is 42.5 Å². The molecule has 3 nitrogen and oxygen atoms in total. The van der Waals surface area contributed by atoms with Crippen LogP contribution in [-0.4, -0.2) is 11.6 Å². The lowest BCUT2D eigenvalue weighted by Gasteiger charge is -2.09. The lowest BCUT2D eigenvalue weighted by Crippen LogP contribution is -2.09. The van der Waals surface area contributed by atoms with Crippen LogP contribution < -0.4 is 5.73 Å². The van der Waals surface area contributed by atoms with Gasteiger partial charge < -0.3 is 5.73 Å². The number of benzene rings is 2. The molecule has 96 valence electrons. The molecule has 0 aromatic heterocycles. The minimum Gasteiger partial charge on any atom is -0.398 e. The summed E-state index contributed by atoms with van der Waals surface area (Å²) >= 11 is 0. The lowest BCUT2D eigenvalue weighted by atomic mass is 9.97. The molecule has 2 N–H and O–H groups in total. The molecule has 0 fully saturated rings. The Kier molecular flexibility index (Phi) is 3.76. The van der Waals surface area contributed by atoms with Gasteiger partial charge in [0.2, 0.25) is 0 Å². The molecule has 0 bridgehead atoms. The highest BCUT2D eigenvalue weighted by molar-refractivity contribution is 6.12. The Labute approximate surface area is 112 Å². The third-order valence-electron chi connectivity index (χ3n) is 2.92. The number of hydrogen-bond donors (Lipinski definition) is 1. The molecule has 2 rings (SSSR count). The van der Waals surface area contributed by atoms with Crippen molar-refractivity contribution in [1.82, 2.24) is 0 Å². The summed E-state index contributed by atoms with van der Waals surface area (Å²) in [5, 5.41) is 0. The zero-order valence-corrected chi connectivity index (χ0v) is 10.7. The van der Waals surface area contributed by atoms with E-state index in [9.17, 15) is 9.59 Å². The van der Waals surface area contributed by atoms with Crippen molar-refractivity contribution in [2.45, 2.75) is 13.3 Å². The number of Topliss-reactive ketones (excluding diaryl/α,β-unsaturated/α-hetero) is 1. The molecule has 0 saturated carbocycles. The summed E-state index contributed by atoms with van der Waals surface area (Å²) in [5.41, 5.74) is 8.14. The summed E-state index contributed by atoms with van der Waals surface area (Å²) in [4.78, 5) is 23.5. The van der Waals surface area contributed by atoms with Crippen LogP contribution in [0.2, 0.25) is 0 Å². The summed E-state index contributed by atoms with van der Waals surface area (Å²) in [6, 6.07) is 14.2. The van der Waals surface area contributed by atoms with Crippen molar-refractivity contribution in [2.24, 2.45) is 0 Å². The Morgan fingerprint density at radius 3 is 2.32 bits per heavy atom. The predicted molar refractivity (Wildman–Crippen MR) is 75.1 cm³/mol. The highest BCUT2D eigenvalue weighted by Gasteiger charge is 2.14. The molecule has 2 aromatic rings. The first-order valence-electron chi connectivity index (χ1n) is 6.06. The Hall–Kier alpha value is -2.42. The summed E-state index contributed by atoms with van der Waals surface area (Å²) in [6.07, 6.45) is 0.252. The van der Waals surface area contributed by atoms with Crippen molar-refractivity contribution in [2.75, 3.05) is 5.73 Å². The zero-order valence-electron chi connectivity index (χ0n) is 10.7. The van der Waals surface area contributed by atoms with Gasteiger partial charge in [-0.25, -0.2) is 0 Å². The van der Waals surface area contributed by atoms with Crippen molar-refractivity contribution in [3.05, 3.63) is 65.2 Å². The van der Waals surface area contributed by atoms with E-state index in [1.54, 1.807) is 30.3 Å². The van der Waals surface area contributed by atoms with Crippen molar-refractivity contribution >= 4 is 17.3 Å². The van der Waals surface area contributed by atoms with Gasteiger partial charge in [-0.15, -0.1) is 0 Å². The molecular weight excluding hydrogens is 238 g/mol. The fourth-order valence-corrected chi connectivity index (χ4v) is 1.98. The van der Waals surface area contributed by atoms with Gasteiger partial charge in [-0.2, -0.15) is 0 Å². The van der Waals surface area contributed by atoms with Gasteiger partial charge in [0.25, 0.3) is 0 Å². The standard InChI is InChI=1S/C16H15NO2/c1-11(18)10-13-8-5-9-14(15(13)17)16(19)12-6-3-2-4-7-12/h2-9H,10,17H2,1H3. The van der Waals surface area contributed by atoms with E-state index < -0.39 is 0 Å². The van der Waals surface area contributed by atoms with Crippen molar-refractivity contribution in [3.8, 4) is 0 Å². The molecule has 0 unspecified atom stereocenters. The molecule has 0 heterocycles. The minimum atomic E-state index is -0.122. The van der Waals surface area contributed by atoms with Gasteiger partial charge in [-0.3, -0.25) is 9.59 Å². The van der Waals surface area contributed by atoms with Crippen LogP contribution in [-0.2, 0) is 11.2 Å². The molecule has 2 aromatic carbocycles. The molecule has 0 aliphatic rings. The van der Waals surface area contributed by atoms with Gasteiger partial charge in [0.15, 0.2) is 5.78 Å². The summed E-state index contributed by atoms with van der Waals surface area (Å²) in [7, 11) is 0. The van der Waals surface area contributed by atoms with Crippen LogP contribution in [0.3, 0.4) is 0 Å². The molecule has 19 heavy (non-hydrogen) atoms. The maximum absolute atomic E-state index is 12.3. The molecule has 0 atom stereocenters. The second-order valence-corrected chi connectivity index (χ2v) is 4.45. The van der Waals surface area contributed by atoms with Crippen molar-refractivity contribution in [3.63, 3.8) is 0 Å². The maximum atomic E-state index is 12.3. The van der Waals surface area contributed by atoms with E-state index in [4.69, 9.17) is 5.73 Å². The smallest absolute Gasteiger partial charge is 0.195 e. The number of nitrogens with two attached hydrogens (primary N) is 1. The van der Waals surface area contributed by atoms with E-state index in [1.165, 1.54) is 6.92 Å². The highest BCUT2D eigenvalue weighted by Crippen LogP contribution is 2.21. The largest absolute Gasteiger partial charge is 0.398 e. The SMILES string of the molecule is CC(=O)Cc1cccc(C(=O)c2ccccc2)c1N. The van der Waals surface area contributed by atoms with Crippen molar-refractivity contribution in [1.29, 1.82) is 0 Å². The quantitative estimate of drug-likeness (QED) is 0.673. The minimum absolute atomic E-state index is 0.0241. The van der Waals surface area contributed by atoms with Gasteiger partial charge in [0.1, 0.15) is 5.78 Å². The van der Waals surface area contributed by atoms with Gasteiger partial charge in [-0.05, 0) is 18.6 Å². The molecule has 0 saturated heterocycles. The normalized spacial score (nSPS) is 10.2. The van der Waals surface area contributed by atoms with Crippen LogP contribution >= 0.6 is 0 Å². The second kappa shape index (κ2) is 5.48. The second-order valence-electron chi connectivity index (χ2n) is 4.45. The third kappa shape index (κ3) is 2.88. The van der Waals surface area contributed by atoms with E-state index in [0.29, 0.717) is 22.4 Å². The van der Waals surface area contributed by atoms with Crippen LogP contribution in [0.25, 0.3) is 0 Å². The van der Waals surface area contributed by atoms with Crippen LogP contribution in [0.15, 0.2) is 48.5 Å². The van der Waals surface area contributed by atoms with E-state index in [0.717, 1.165) is 0 Å². The topological polar surface area (TPSA) is 60.2 Å². The van der Waals surface area contributed by atoms with E-state index in [-0.39, 0.29) is 18.0 Å². The Bertz CT molecular complexity index is 618. The molecule has 0 aliphatic heterocycles. The van der Waals surface area contributed by atoms with E-state index in [2.05, 4.69) is 0 Å². The molecule has 3 heteroatoms. The van der Waals surface area contributed by atoms with Crippen LogP contribution in [0.5, 0.6) is 0 Å². The number of rotatable bonds is 4. The molecular formula is C16H15NO2. The molecule has 0 amide bonds. The number of ketones is 2. The molecule has 0 radical (unpaired) electrons. The van der Waals surface area contributed by atoms with Gasteiger partial charge in [0.05, 0.1) is 0 Å². The number of nitrogen functional groups attached to an aromatic ring is 1. The molecule has 0 spiro atoms. The first-order chi connectivity index (χ1) is 9.09. The van der Waals surface area contributed by atoms with Crippen molar-refractivity contribution < 1.29 is 9.59 Å². The number of carbonyl (C=O) groups is 2. The van der Waals surface area contributed by atoms with Crippen LogP contribution in [0.1, 0.15) is 28.4 Å². The van der Waals surface area contributed by atoms with Gasteiger partial charge in [0, 0.05) is 23.2 Å².